The van der Waals surface area contributed by atoms with E-state index in [-0.39, 0.29) is 38.1 Å². The molecule has 4 unspecified atom stereocenters. The number of nitrogens with zero attached hydrogens (tertiary/aromatic N) is 8. The molecule has 9 aromatic rings. The van der Waals surface area contributed by atoms with Crippen LogP contribution in [0.25, 0.3) is 22.7 Å². The molecule has 0 bridgehead atoms. The Labute approximate surface area is 491 Å². The van der Waals surface area contributed by atoms with Gasteiger partial charge in [0.1, 0.15) is 12.4 Å². The first-order chi connectivity index (χ1) is 41.5. The van der Waals surface area contributed by atoms with Gasteiger partial charge in [-0.3, -0.25) is 10.1 Å². The molecule has 1 saturated heterocycles. The number of nitrogens with one attached hydrogen (secondary N) is 1. The van der Waals surface area contributed by atoms with Crippen LogP contribution < -0.4 is 5.32 Å². The number of aryl methyl sites for hydroxylation is 2. The standard InChI is InChI=1S/C27H29N3O4.C14H14N2O3.C14H16N2O3.C10H8N2O/c1-2-33-26(31)24(16-18-7-3-10-21(15-18)30-14-6-13-28-30)34-27(32)29-25-22-11-4-8-19(22)17-20-9-5-12-23(20)25;1-2-18-14(17)13-12(19-13)10-5-3-6-11(9-10)16-8-4-7-15-16;1-2-19-14(18)13(17)10-11-5-3-6-12(9-11)16-8-4-7-15-16;13-8-9-3-1-4-10(7-9)12-6-2-5-11-12/h3,6-7,10,13-15,17,24H,2,4-5,8-9,11-12,16H2,1H3,(H,29,32);3-9,12-13H,2H2,1H3;3-9,13,17H,2,10H2,1H3;1-8H. The number of esters is 3. The molecule has 0 spiro atoms. The molecule has 5 aromatic carbocycles. The first-order valence-corrected chi connectivity index (χ1v) is 28.3. The maximum Gasteiger partial charge on any atom is 0.412 e. The van der Waals surface area contributed by atoms with Gasteiger partial charge in [-0.1, -0.05) is 54.6 Å². The Balaban J connectivity index is 0.000000145. The second-order valence-electron chi connectivity index (χ2n) is 19.9. The van der Waals surface area contributed by atoms with Crippen LogP contribution in [-0.4, -0.2) is 113 Å². The zero-order valence-corrected chi connectivity index (χ0v) is 47.5. The van der Waals surface area contributed by atoms with Crippen LogP contribution in [0.5, 0.6) is 0 Å². The molecule has 438 valence electrons. The Bertz CT molecular complexity index is 3590. The minimum Gasteiger partial charge on any atom is -0.464 e. The molecule has 20 heteroatoms. The Hall–Kier alpha value is -9.79. The molecule has 20 nitrogen and oxygen atoms in total. The Kier molecular flexibility index (Phi) is 20.7. The van der Waals surface area contributed by atoms with Crippen molar-refractivity contribution in [2.24, 2.45) is 0 Å². The summed E-state index contributed by atoms with van der Waals surface area (Å²) in [4.78, 5) is 59.1. The molecule has 5 heterocycles. The maximum absolute atomic E-state index is 13.0. The quantitative estimate of drug-likeness (QED) is 0.0352. The highest BCUT2D eigenvalue weighted by atomic mass is 16.6. The molecule has 2 N–H and O–H groups in total. The van der Waals surface area contributed by atoms with Crippen molar-refractivity contribution in [1.82, 2.24) is 39.1 Å². The van der Waals surface area contributed by atoms with Gasteiger partial charge in [0.05, 0.1) is 48.3 Å². The number of aliphatic hydroxyl groups is 1. The number of epoxide rings is 1. The predicted octanol–water partition coefficient (Wildman–Crippen LogP) is 9.47. The number of aliphatic hydroxyl groups excluding tert-OH is 1. The lowest BCUT2D eigenvalue weighted by Gasteiger charge is -2.20. The summed E-state index contributed by atoms with van der Waals surface area (Å²) in [6.45, 7) is 6.09. The lowest BCUT2D eigenvalue weighted by molar-refractivity contribution is -0.153. The largest absolute Gasteiger partial charge is 0.464 e. The summed E-state index contributed by atoms with van der Waals surface area (Å²) in [5.74, 6) is -1.44. The second kappa shape index (κ2) is 29.5. The molecule has 4 atom stereocenters. The first kappa shape index (κ1) is 59.8. The van der Waals surface area contributed by atoms with Gasteiger partial charge in [0, 0.05) is 68.0 Å². The highest BCUT2D eigenvalue weighted by molar-refractivity contribution is 5.90. The highest BCUT2D eigenvalue weighted by Crippen LogP contribution is 2.40. The summed E-state index contributed by atoms with van der Waals surface area (Å²) in [6.07, 6.45) is 18.2. The van der Waals surface area contributed by atoms with Crippen LogP contribution in [0.2, 0.25) is 0 Å². The van der Waals surface area contributed by atoms with Gasteiger partial charge in [0.25, 0.3) is 0 Å². The van der Waals surface area contributed by atoms with Gasteiger partial charge in [-0.15, -0.1) is 0 Å². The summed E-state index contributed by atoms with van der Waals surface area (Å²) in [5, 5.41) is 29.4. The molecule has 0 radical (unpaired) electrons. The van der Waals surface area contributed by atoms with E-state index in [4.69, 9.17) is 23.7 Å². The smallest absolute Gasteiger partial charge is 0.412 e. The summed E-state index contributed by atoms with van der Waals surface area (Å²) in [6, 6.07) is 40.0. The van der Waals surface area contributed by atoms with Crippen LogP contribution in [0, 0.1) is 0 Å². The number of aromatic nitrogens is 8. The number of carbonyl (C=O) groups excluding carboxylic acids is 5. The highest BCUT2D eigenvalue weighted by Gasteiger charge is 2.47. The molecule has 4 aromatic heterocycles. The van der Waals surface area contributed by atoms with Crippen LogP contribution in [0.4, 0.5) is 10.5 Å². The number of ether oxygens (including phenoxy) is 5. The average Bonchev–Trinajstić information content (AvgIpc) is 3.33. The summed E-state index contributed by atoms with van der Waals surface area (Å²) < 4.78 is 32.9. The van der Waals surface area contributed by atoms with Gasteiger partial charge < -0.3 is 28.8 Å². The molecule has 12 rings (SSSR count). The van der Waals surface area contributed by atoms with Crippen LogP contribution in [0.3, 0.4) is 0 Å². The number of benzene rings is 5. The summed E-state index contributed by atoms with van der Waals surface area (Å²) in [7, 11) is 0. The third-order valence-corrected chi connectivity index (χ3v) is 14.0. The molecule has 1 fully saturated rings. The van der Waals surface area contributed by atoms with E-state index < -0.39 is 36.3 Å². The summed E-state index contributed by atoms with van der Waals surface area (Å²) in [5.41, 5.74) is 12.9. The molecule has 3 aliphatic rings. The Morgan fingerprint density at radius 1 is 0.588 bits per heavy atom. The van der Waals surface area contributed by atoms with E-state index in [1.54, 1.807) is 76.4 Å². The minimum atomic E-state index is -1.13. The van der Waals surface area contributed by atoms with Gasteiger partial charge in [0.2, 0.25) is 6.10 Å². The maximum atomic E-state index is 13.0. The molecule has 1 amide bonds. The molecular weight excluding hydrogens is 1080 g/mol. The van der Waals surface area contributed by atoms with Gasteiger partial charge in [-0.05, 0) is 171 Å². The van der Waals surface area contributed by atoms with Gasteiger partial charge in [0.15, 0.2) is 12.2 Å². The zero-order valence-electron chi connectivity index (χ0n) is 47.5. The van der Waals surface area contributed by atoms with E-state index in [0.717, 1.165) is 89.9 Å². The van der Waals surface area contributed by atoms with E-state index in [1.807, 2.05) is 134 Å². The van der Waals surface area contributed by atoms with Crippen molar-refractivity contribution in [1.29, 1.82) is 0 Å². The minimum absolute atomic E-state index is 0.199. The number of rotatable bonds is 18. The number of aldehydes is 1. The van der Waals surface area contributed by atoms with Crippen LogP contribution in [-0.2, 0) is 76.6 Å². The van der Waals surface area contributed by atoms with E-state index in [2.05, 4.69) is 31.8 Å². The average molecular weight is 1150 g/mol. The Morgan fingerprint density at radius 3 is 1.58 bits per heavy atom. The van der Waals surface area contributed by atoms with Crippen LogP contribution in [0.15, 0.2) is 177 Å². The number of hydrogen-bond donors (Lipinski definition) is 2. The SMILES string of the molecule is CCOC(=O)C(Cc1cccc(-n2cccn2)c1)OC(=O)Nc1c2c(cc3c1CCC3)CCC2.CCOC(=O)C(O)Cc1cccc(-n2cccn2)c1.CCOC(=O)C1OC1c1cccc(-n2cccn2)c1.O=Cc1cccc(-n2cccn2)c1. The number of anilines is 1. The van der Waals surface area contributed by atoms with E-state index >= 15 is 0 Å². The van der Waals surface area contributed by atoms with Crippen molar-refractivity contribution >= 4 is 36.0 Å². The van der Waals surface area contributed by atoms with Crippen LogP contribution >= 0.6 is 0 Å². The van der Waals surface area contributed by atoms with E-state index in [0.29, 0.717) is 12.2 Å². The third kappa shape index (κ3) is 16.1. The summed E-state index contributed by atoms with van der Waals surface area (Å²) >= 11 is 0. The number of fused-ring (bicyclic) bond motifs is 2. The zero-order chi connectivity index (χ0) is 59.5. The topological polar surface area (TPSA) is 238 Å². The molecule has 1 aliphatic heterocycles. The monoisotopic (exact) mass is 1150 g/mol. The lowest BCUT2D eigenvalue weighted by Crippen LogP contribution is -2.33. The molecule has 85 heavy (non-hydrogen) atoms. The van der Waals surface area contributed by atoms with Crippen molar-refractivity contribution in [2.75, 3.05) is 25.1 Å². The molecule has 2 aliphatic carbocycles. The van der Waals surface area contributed by atoms with Crippen molar-refractivity contribution < 1.29 is 52.8 Å². The normalized spacial score (nSPS) is 14.9. The van der Waals surface area contributed by atoms with Crippen molar-refractivity contribution in [3.63, 3.8) is 0 Å². The fraction of sp³-hybridized carbons (Fsp3) is 0.277. The lowest BCUT2D eigenvalue weighted by atomic mass is 9.99. The first-order valence-electron chi connectivity index (χ1n) is 28.3. The third-order valence-electron chi connectivity index (χ3n) is 14.0. The van der Waals surface area contributed by atoms with Gasteiger partial charge in [-0.25, -0.2) is 37.9 Å². The molecule has 0 saturated carbocycles. The fourth-order valence-electron chi connectivity index (χ4n) is 10.1. The van der Waals surface area contributed by atoms with Crippen molar-refractivity contribution in [3.8, 4) is 22.7 Å². The number of hydrogen-bond acceptors (Lipinski definition) is 15. The van der Waals surface area contributed by atoms with Gasteiger partial charge >= 0.3 is 24.0 Å². The van der Waals surface area contributed by atoms with Crippen LogP contribution in [0.1, 0.15) is 89.0 Å². The number of carbonyl (C=O) groups is 5. The van der Waals surface area contributed by atoms with Crippen molar-refractivity contribution in [3.05, 3.63) is 221 Å². The van der Waals surface area contributed by atoms with E-state index in [9.17, 15) is 29.1 Å². The predicted molar refractivity (Wildman–Crippen MR) is 315 cm³/mol. The second-order valence-corrected chi connectivity index (χ2v) is 19.9. The fourth-order valence-corrected chi connectivity index (χ4v) is 10.1. The van der Waals surface area contributed by atoms with Crippen molar-refractivity contribution in [2.45, 2.75) is 96.6 Å². The van der Waals surface area contributed by atoms with E-state index in [1.165, 1.54) is 22.3 Å². The number of amides is 1. The molecular formula is C65H67N9O11. The Morgan fingerprint density at radius 2 is 1.07 bits per heavy atom. The van der Waals surface area contributed by atoms with Gasteiger partial charge in [-0.2, -0.15) is 20.4 Å².